The van der Waals surface area contributed by atoms with Gasteiger partial charge in [0.05, 0.1) is 35.3 Å². The van der Waals surface area contributed by atoms with Crippen molar-refractivity contribution in [1.29, 1.82) is 0 Å². The second-order valence-corrected chi connectivity index (χ2v) is 9.42. The van der Waals surface area contributed by atoms with Crippen LogP contribution in [0.4, 0.5) is 5.69 Å². The Labute approximate surface area is 216 Å². The van der Waals surface area contributed by atoms with E-state index in [4.69, 9.17) is 19.4 Å². The molecule has 0 spiro atoms. The number of hydrogen-bond acceptors (Lipinski definition) is 6. The molecule has 190 valence electrons. The van der Waals surface area contributed by atoms with Gasteiger partial charge >= 0.3 is 0 Å². The number of nitrogens with zero attached hydrogens (tertiary/aromatic N) is 4. The maximum Gasteiger partial charge on any atom is 0.161 e. The quantitative estimate of drug-likeness (QED) is 0.317. The van der Waals surface area contributed by atoms with Crippen LogP contribution in [-0.2, 0) is 0 Å². The van der Waals surface area contributed by atoms with Gasteiger partial charge in [0.1, 0.15) is 11.6 Å². The summed E-state index contributed by atoms with van der Waals surface area (Å²) in [6.07, 6.45) is 0. The molecule has 1 saturated heterocycles. The number of H-pyrrole nitrogens is 2. The number of anilines is 1. The summed E-state index contributed by atoms with van der Waals surface area (Å²) < 4.78 is 11.5. The molecule has 1 fully saturated rings. The van der Waals surface area contributed by atoms with Crippen LogP contribution in [0, 0.1) is 0 Å². The number of aromatic amines is 2. The lowest BCUT2D eigenvalue weighted by molar-refractivity contribution is 0.288. The average molecular weight is 497 g/mol. The van der Waals surface area contributed by atoms with Crippen LogP contribution in [0.3, 0.4) is 0 Å². The third kappa shape index (κ3) is 4.60. The monoisotopic (exact) mass is 496 g/mol. The van der Waals surface area contributed by atoms with Crippen LogP contribution in [-0.4, -0.2) is 71.3 Å². The second kappa shape index (κ2) is 9.78. The molecule has 5 aromatic rings. The lowest BCUT2D eigenvalue weighted by Gasteiger charge is -2.34. The molecule has 0 saturated carbocycles. The molecule has 0 aliphatic carbocycles. The molecule has 37 heavy (non-hydrogen) atoms. The SMILES string of the molecule is CCOc1ccc(-c2nc3ccc(-c4nc5ccc(N6CCN(C)CC6)cc5[nH]4)cc3[nH]2)cc1OCC. The van der Waals surface area contributed by atoms with Gasteiger partial charge in [-0.25, -0.2) is 9.97 Å². The molecule has 2 aromatic heterocycles. The van der Waals surface area contributed by atoms with E-state index in [0.29, 0.717) is 13.2 Å². The molecule has 0 unspecified atom stereocenters. The van der Waals surface area contributed by atoms with E-state index in [2.05, 4.69) is 57.1 Å². The van der Waals surface area contributed by atoms with Crippen LogP contribution < -0.4 is 14.4 Å². The highest BCUT2D eigenvalue weighted by atomic mass is 16.5. The summed E-state index contributed by atoms with van der Waals surface area (Å²) in [5.74, 6) is 3.11. The van der Waals surface area contributed by atoms with Gasteiger partial charge in [0.2, 0.25) is 0 Å². The predicted octanol–water partition coefficient (Wildman–Crippen LogP) is 5.32. The number of rotatable bonds is 7. The third-order valence-electron chi connectivity index (χ3n) is 6.91. The minimum absolute atomic E-state index is 0.571. The standard InChI is InChI=1S/C29H32N6O2/c1-4-36-26-11-7-20(17-27(26)37-5-2)29-30-22-9-6-19(16-24(22)32-29)28-31-23-10-8-21(18-25(23)33-28)35-14-12-34(3)13-15-35/h6-11,16-18H,4-5,12-15H2,1-3H3,(H,30,32)(H,31,33). The molecule has 0 radical (unpaired) electrons. The van der Waals surface area contributed by atoms with E-state index in [0.717, 1.165) is 82.5 Å². The zero-order chi connectivity index (χ0) is 25.4. The maximum atomic E-state index is 5.80. The molecule has 0 amide bonds. The molecule has 0 bridgehead atoms. The zero-order valence-corrected chi connectivity index (χ0v) is 21.5. The third-order valence-corrected chi connectivity index (χ3v) is 6.91. The highest BCUT2D eigenvalue weighted by Crippen LogP contribution is 2.33. The number of imidazole rings is 2. The first-order chi connectivity index (χ1) is 18.1. The van der Waals surface area contributed by atoms with Crippen LogP contribution in [0.2, 0.25) is 0 Å². The second-order valence-electron chi connectivity index (χ2n) is 9.42. The fraction of sp³-hybridized carbons (Fsp3) is 0.310. The fourth-order valence-electron chi connectivity index (χ4n) is 4.89. The molecule has 2 N–H and O–H groups in total. The van der Waals surface area contributed by atoms with E-state index in [1.807, 2.05) is 38.1 Å². The van der Waals surface area contributed by atoms with Crippen molar-refractivity contribution in [1.82, 2.24) is 24.8 Å². The minimum Gasteiger partial charge on any atom is -0.490 e. The van der Waals surface area contributed by atoms with Gasteiger partial charge in [-0.05, 0) is 75.5 Å². The largest absolute Gasteiger partial charge is 0.490 e. The number of piperazine rings is 1. The van der Waals surface area contributed by atoms with Crippen molar-refractivity contribution in [2.75, 3.05) is 51.3 Å². The number of fused-ring (bicyclic) bond motifs is 2. The van der Waals surface area contributed by atoms with Gasteiger partial charge in [0.25, 0.3) is 0 Å². The summed E-state index contributed by atoms with van der Waals surface area (Å²) in [7, 11) is 2.18. The van der Waals surface area contributed by atoms with Crippen molar-refractivity contribution >= 4 is 27.8 Å². The van der Waals surface area contributed by atoms with Gasteiger partial charge in [-0.1, -0.05) is 0 Å². The van der Waals surface area contributed by atoms with Crippen molar-refractivity contribution in [2.45, 2.75) is 13.8 Å². The summed E-state index contributed by atoms with van der Waals surface area (Å²) in [5.41, 5.74) is 7.08. The Morgan fingerprint density at radius 3 is 2.00 bits per heavy atom. The normalized spacial score (nSPS) is 14.5. The fourth-order valence-corrected chi connectivity index (χ4v) is 4.89. The minimum atomic E-state index is 0.571. The first-order valence-electron chi connectivity index (χ1n) is 12.9. The van der Waals surface area contributed by atoms with Gasteiger partial charge in [-0.15, -0.1) is 0 Å². The Morgan fingerprint density at radius 2 is 1.30 bits per heavy atom. The summed E-state index contributed by atoms with van der Waals surface area (Å²) in [6, 6.07) is 18.6. The maximum absolute atomic E-state index is 5.80. The smallest absolute Gasteiger partial charge is 0.161 e. The van der Waals surface area contributed by atoms with Crippen molar-refractivity contribution in [2.24, 2.45) is 0 Å². The highest BCUT2D eigenvalue weighted by molar-refractivity contribution is 5.87. The summed E-state index contributed by atoms with van der Waals surface area (Å²) >= 11 is 0. The molecule has 3 heterocycles. The van der Waals surface area contributed by atoms with Crippen LogP contribution in [0.1, 0.15) is 13.8 Å². The molecule has 0 atom stereocenters. The molecule has 1 aliphatic rings. The lowest BCUT2D eigenvalue weighted by Crippen LogP contribution is -2.44. The van der Waals surface area contributed by atoms with Crippen LogP contribution in [0.25, 0.3) is 44.8 Å². The van der Waals surface area contributed by atoms with E-state index in [1.54, 1.807) is 0 Å². The van der Waals surface area contributed by atoms with E-state index in [1.165, 1.54) is 5.69 Å². The molecule has 3 aromatic carbocycles. The van der Waals surface area contributed by atoms with Crippen molar-refractivity contribution in [3.8, 4) is 34.3 Å². The van der Waals surface area contributed by atoms with E-state index < -0.39 is 0 Å². The Hall–Kier alpha value is -4.04. The molecule has 1 aliphatic heterocycles. The van der Waals surface area contributed by atoms with Gasteiger partial charge in [0, 0.05) is 43.0 Å². The van der Waals surface area contributed by atoms with Crippen LogP contribution >= 0.6 is 0 Å². The van der Waals surface area contributed by atoms with Crippen molar-refractivity contribution < 1.29 is 9.47 Å². The molecule has 6 rings (SSSR count). The van der Waals surface area contributed by atoms with Crippen molar-refractivity contribution in [3.05, 3.63) is 54.6 Å². The van der Waals surface area contributed by atoms with E-state index in [9.17, 15) is 0 Å². The van der Waals surface area contributed by atoms with Crippen LogP contribution in [0.5, 0.6) is 11.5 Å². The number of aromatic nitrogens is 4. The Kier molecular flexibility index (Phi) is 6.18. The number of hydrogen-bond donors (Lipinski definition) is 2. The molecule has 8 heteroatoms. The Bertz CT molecular complexity index is 1550. The first-order valence-corrected chi connectivity index (χ1v) is 12.9. The number of nitrogens with one attached hydrogen (secondary N) is 2. The first kappa shape index (κ1) is 23.4. The molecular formula is C29H32N6O2. The highest BCUT2D eigenvalue weighted by Gasteiger charge is 2.16. The molecular weight excluding hydrogens is 464 g/mol. The topological polar surface area (TPSA) is 82.3 Å². The number of benzene rings is 3. The predicted molar refractivity (Wildman–Crippen MR) is 149 cm³/mol. The van der Waals surface area contributed by atoms with Crippen LogP contribution in [0.15, 0.2) is 54.6 Å². The van der Waals surface area contributed by atoms with Crippen molar-refractivity contribution in [3.63, 3.8) is 0 Å². The summed E-state index contributed by atoms with van der Waals surface area (Å²) in [6.45, 7) is 9.35. The summed E-state index contributed by atoms with van der Waals surface area (Å²) in [4.78, 5) is 21.5. The van der Waals surface area contributed by atoms with Gasteiger partial charge < -0.3 is 29.2 Å². The van der Waals surface area contributed by atoms with E-state index in [-0.39, 0.29) is 0 Å². The van der Waals surface area contributed by atoms with Gasteiger partial charge in [-0.2, -0.15) is 0 Å². The Balaban J connectivity index is 1.29. The summed E-state index contributed by atoms with van der Waals surface area (Å²) in [5, 5.41) is 0. The van der Waals surface area contributed by atoms with Gasteiger partial charge in [-0.3, -0.25) is 0 Å². The lowest BCUT2D eigenvalue weighted by atomic mass is 10.2. The van der Waals surface area contributed by atoms with E-state index >= 15 is 0 Å². The van der Waals surface area contributed by atoms with Gasteiger partial charge in [0.15, 0.2) is 11.5 Å². The zero-order valence-electron chi connectivity index (χ0n) is 21.5. The Morgan fingerprint density at radius 1 is 0.703 bits per heavy atom. The number of likely N-dealkylation sites (N-methyl/N-ethyl adjacent to an activating group) is 1. The average Bonchev–Trinajstić information content (AvgIpc) is 3.54. The number of ether oxygens (including phenoxy) is 2. The molecule has 8 nitrogen and oxygen atoms in total.